The SMILES string of the molecule is CCCCCCCCCCCCCCCCCCCC(=O)O[C@H](COC(=O)CCCCCCCCCCCCCCC)COP(=O)(O)OC[C@@H](O)COP(=O)(O)OC[C@@H](COC(=O)CCCCCCCCCCCC)OC(=O)CCCCCCCCCCCC(C)C. The monoisotopic (exact) mass is 1350 g/mol. The highest BCUT2D eigenvalue weighted by molar-refractivity contribution is 7.47. The van der Waals surface area contributed by atoms with E-state index in [1.165, 1.54) is 205 Å². The molecule has 0 saturated heterocycles. The molecular weight excluding hydrogens is 1210 g/mol. The molecular formula is C73H142O17P2. The van der Waals surface area contributed by atoms with Crippen molar-refractivity contribution in [2.45, 2.75) is 400 Å². The lowest BCUT2D eigenvalue weighted by molar-refractivity contribution is -0.161. The van der Waals surface area contributed by atoms with Gasteiger partial charge < -0.3 is 33.8 Å². The summed E-state index contributed by atoms with van der Waals surface area (Å²) in [5.41, 5.74) is 0. The molecule has 0 heterocycles. The van der Waals surface area contributed by atoms with Crippen LogP contribution in [0.15, 0.2) is 0 Å². The van der Waals surface area contributed by atoms with Crippen molar-refractivity contribution in [1.82, 2.24) is 0 Å². The maximum absolute atomic E-state index is 13.1. The fourth-order valence-electron chi connectivity index (χ4n) is 11.2. The number of carbonyl (C=O) groups excluding carboxylic acids is 4. The van der Waals surface area contributed by atoms with Gasteiger partial charge in [0.1, 0.15) is 19.3 Å². The van der Waals surface area contributed by atoms with Crippen LogP contribution in [0.4, 0.5) is 0 Å². The average Bonchev–Trinajstić information content (AvgIpc) is 1.81. The van der Waals surface area contributed by atoms with Crippen LogP contribution in [0.3, 0.4) is 0 Å². The molecule has 0 amide bonds. The second kappa shape index (κ2) is 66.3. The normalized spacial score (nSPS) is 14.0. The Hall–Kier alpha value is -1.94. The van der Waals surface area contributed by atoms with Gasteiger partial charge in [-0.1, -0.05) is 330 Å². The van der Waals surface area contributed by atoms with Gasteiger partial charge in [-0.2, -0.15) is 0 Å². The van der Waals surface area contributed by atoms with E-state index < -0.39 is 97.5 Å². The minimum atomic E-state index is -4.95. The van der Waals surface area contributed by atoms with Crippen LogP contribution in [-0.2, 0) is 65.4 Å². The molecule has 0 fully saturated rings. The number of carbonyl (C=O) groups is 4. The zero-order chi connectivity index (χ0) is 67.7. The molecule has 2 unspecified atom stereocenters. The van der Waals surface area contributed by atoms with Crippen molar-refractivity contribution in [2.24, 2.45) is 5.92 Å². The Balaban J connectivity index is 5.24. The van der Waals surface area contributed by atoms with Crippen molar-refractivity contribution in [2.75, 3.05) is 39.6 Å². The van der Waals surface area contributed by atoms with E-state index in [-0.39, 0.29) is 25.7 Å². The number of phosphoric acid groups is 2. The van der Waals surface area contributed by atoms with E-state index in [1.807, 2.05) is 0 Å². The average molecular weight is 1350 g/mol. The highest BCUT2D eigenvalue weighted by Crippen LogP contribution is 2.45. The molecule has 3 N–H and O–H groups in total. The third kappa shape index (κ3) is 66.7. The second-order valence-corrected chi connectivity index (χ2v) is 29.7. The van der Waals surface area contributed by atoms with E-state index in [2.05, 4.69) is 34.6 Å². The van der Waals surface area contributed by atoms with Crippen LogP contribution in [0.1, 0.15) is 381 Å². The number of esters is 4. The second-order valence-electron chi connectivity index (χ2n) is 26.8. The van der Waals surface area contributed by atoms with Gasteiger partial charge in [0.25, 0.3) is 0 Å². The molecule has 17 nitrogen and oxygen atoms in total. The van der Waals surface area contributed by atoms with E-state index in [4.69, 9.17) is 37.0 Å². The first-order valence-corrected chi connectivity index (χ1v) is 41.1. The van der Waals surface area contributed by atoms with E-state index in [0.717, 1.165) is 95.8 Å². The summed E-state index contributed by atoms with van der Waals surface area (Å²) in [6, 6.07) is 0. The Labute approximate surface area is 562 Å². The van der Waals surface area contributed by atoms with Crippen LogP contribution in [0.5, 0.6) is 0 Å². The van der Waals surface area contributed by atoms with Crippen LogP contribution in [0.2, 0.25) is 0 Å². The first kappa shape index (κ1) is 90.1. The number of aliphatic hydroxyl groups excluding tert-OH is 1. The molecule has 0 radical (unpaired) electrons. The lowest BCUT2D eigenvalue weighted by Crippen LogP contribution is -2.30. The van der Waals surface area contributed by atoms with Crippen LogP contribution in [0, 0.1) is 5.92 Å². The highest BCUT2D eigenvalue weighted by Gasteiger charge is 2.30. The topological polar surface area (TPSA) is 237 Å². The molecule has 0 saturated carbocycles. The van der Waals surface area contributed by atoms with Crippen molar-refractivity contribution in [3.05, 3.63) is 0 Å². The first-order chi connectivity index (χ1) is 44.5. The Morgan fingerprint density at radius 3 is 0.739 bits per heavy atom. The summed E-state index contributed by atoms with van der Waals surface area (Å²) in [7, 11) is -9.90. The largest absolute Gasteiger partial charge is 0.472 e. The van der Waals surface area contributed by atoms with Gasteiger partial charge in [0.05, 0.1) is 26.4 Å². The third-order valence-corrected chi connectivity index (χ3v) is 18.9. The van der Waals surface area contributed by atoms with Crippen molar-refractivity contribution in [1.29, 1.82) is 0 Å². The summed E-state index contributed by atoms with van der Waals surface area (Å²) >= 11 is 0. The van der Waals surface area contributed by atoms with Crippen molar-refractivity contribution in [3.8, 4) is 0 Å². The Bertz CT molecular complexity index is 1770. The van der Waals surface area contributed by atoms with Crippen LogP contribution in [-0.4, -0.2) is 96.7 Å². The van der Waals surface area contributed by atoms with Gasteiger partial charge in [-0.25, -0.2) is 9.13 Å². The molecule has 0 spiro atoms. The summed E-state index contributed by atoms with van der Waals surface area (Å²) < 4.78 is 68.4. The first-order valence-electron chi connectivity index (χ1n) is 38.1. The summed E-state index contributed by atoms with van der Waals surface area (Å²) in [4.78, 5) is 72.7. The zero-order valence-electron chi connectivity index (χ0n) is 59.7. The molecule has 0 aliphatic carbocycles. The number of ether oxygens (including phenoxy) is 4. The molecule has 5 atom stereocenters. The minimum Gasteiger partial charge on any atom is -0.462 e. The van der Waals surface area contributed by atoms with E-state index in [9.17, 15) is 43.2 Å². The van der Waals surface area contributed by atoms with Gasteiger partial charge >= 0.3 is 39.5 Å². The Morgan fingerprint density at radius 2 is 0.500 bits per heavy atom. The summed E-state index contributed by atoms with van der Waals surface area (Å²) in [5, 5.41) is 10.6. The van der Waals surface area contributed by atoms with E-state index >= 15 is 0 Å². The van der Waals surface area contributed by atoms with E-state index in [1.54, 1.807) is 0 Å². The fraction of sp³-hybridized carbons (Fsp3) is 0.945. The summed E-state index contributed by atoms with van der Waals surface area (Å²) in [6.45, 7) is 7.24. The Morgan fingerprint density at radius 1 is 0.293 bits per heavy atom. The molecule has 0 aliphatic heterocycles. The maximum atomic E-state index is 13.1. The maximum Gasteiger partial charge on any atom is 0.472 e. The standard InChI is InChI=1S/C73H142O17P2/c1-6-9-12-15-18-21-24-26-27-28-29-31-33-38-43-48-53-58-72(77)89-68(63-84-71(76)57-52-47-42-37-32-30-25-22-19-16-13-10-7-2)64-87-91(79,80)85-60-67(74)61-86-92(81,82)88-65-69(62-83-70(75)56-51-46-41-36-23-20-17-14-11-8-3)90-73(78)59-54-49-44-39-34-35-40-45-50-55-66(4)5/h66-69,74H,6-65H2,1-5H3,(H,79,80)(H,81,82)/t67-,68-,69-/m1/s1. The van der Waals surface area contributed by atoms with Gasteiger partial charge in [-0.3, -0.25) is 37.3 Å². The van der Waals surface area contributed by atoms with Gasteiger partial charge in [0.2, 0.25) is 0 Å². The molecule has 0 rings (SSSR count). The molecule has 0 aromatic rings. The van der Waals surface area contributed by atoms with Gasteiger partial charge in [-0.05, 0) is 31.6 Å². The lowest BCUT2D eigenvalue weighted by atomic mass is 10.0. The number of aliphatic hydroxyl groups is 1. The number of hydrogen-bond acceptors (Lipinski definition) is 15. The number of phosphoric ester groups is 2. The van der Waals surface area contributed by atoms with Gasteiger partial charge in [-0.15, -0.1) is 0 Å². The van der Waals surface area contributed by atoms with E-state index in [0.29, 0.717) is 25.7 Å². The molecule has 92 heavy (non-hydrogen) atoms. The van der Waals surface area contributed by atoms with Crippen LogP contribution in [0.25, 0.3) is 0 Å². The molecule has 19 heteroatoms. The molecule has 546 valence electrons. The molecule has 0 bridgehead atoms. The van der Waals surface area contributed by atoms with Crippen molar-refractivity contribution < 1.29 is 80.2 Å². The van der Waals surface area contributed by atoms with Crippen LogP contribution < -0.4 is 0 Å². The van der Waals surface area contributed by atoms with Crippen LogP contribution >= 0.6 is 15.6 Å². The molecule has 0 aliphatic rings. The molecule has 0 aromatic carbocycles. The van der Waals surface area contributed by atoms with Gasteiger partial charge in [0, 0.05) is 25.7 Å². The smallest absolute Gasteiger partial charge is 0.462 e. The number of rotatable bonds is 73. The highest BCUT2D eigenvalue weighted by atomic mass is 31.2. The summed E-state index contributed by atoms with van der Waals surface area (Å²) in [5.74, 6) is -1.38. The summed E-state index contributed by atoms with van der Waals surface area (Å²) in [6.07, 6.45) is 54.0. The van der Waals surface area contributed by atoms with Crippen molar-refractivity contribution >= 4 is 39.5 Å². The predicted octanol–water partition coefficient (Wildman–Crippen LogP) is 21.3. The third-order valence-electron chi connectivity index (χ3n) is 17.0. The van der Waals surface area contributed by atoms with Gasteiger partial charge in [0.15, 0.2) is 12.2 Å². The number of unbranched alkanes of at least 4 members (excludes halogenated alkanes) is 45. The lowest BCUT2D eigenvalue weighted by Gasteiger charge is -2.21. The quantitative estimate of drug-likeness (QED) is 0.0222. The predicted molar refractivity (Wildman–Crippen MR) is 372 cm³/mol. The fourth-order valence-corrected chi connectivity index (χ4v) is 12.8. The Kier molecular flexibility index (Phi) is 64.9. The van der Waals surface area contributed by atoms with Crippen molar-refractivity contribution in [3.63, 3.8) is 0 Å². The molecule has 0 aromatic heterocycles. The zero-order valence-corrected chi connectivity index (χ0v) is 61.5. The minimum absolute atomic E-state index is 0.106. The number of hydrogen-bond donors (Lipinski definition) is 3.